The van der Waals surface area contributed by atoms with Gasteiger partial charge in [0.15, 0.2) is 0 Å². The number of fused-ring (bicyclic) bond motifs is 3. The summed E-state index contributed by atoms with van der Waals surface area (Å²) in [6.45, 7) is 0. The van der Waals surface area contributed by atoms with Gasteiger partial charge in [0, 0.05) is 10.8 Å². The number of para-hydroxylation sites is 1. The van der Waals surface area contributed by atoms with Crippen molar-refractivity contribution in [1.29, 1.82) is 0 Å². The quantitative estimate of drug-likeness (QED) is 0.412. The zero-order valence-corrected chi connectivity index (χ0v) is 15.2. The molecule has 0 saturated heterocycles. The topological polar surface area (TPSA) is 73.2 Å². The van der Waals surface area contributed by atoms with Gasteiger partial charge in [-0.25, -0.2) is 4.57 Å². The maximum absolute atomic E-state index is 12.9. The SMILES string of the molecule is O=c1c2ccccc2c(=O)c2sc3c(=O)n(-c4ccccc4)c(=O)c3sc12. The van der Waals surface area contributed by atoms with Gasteiger partial charge in [0.1, 0.15) is 9.40 Å². The Kier molecular flexibility index (Phi) is 3.37. The summed E-state index contributed by atoms with van der Waals surface area (Å²) in [5.74, 6) is 0. The van der Waals surface area contributed by atoms with E-state index in [-0.39, 0.29) is 29.7 Å². The van der Waals surface area contributed by atoms with E-state index in [9.17, 15) is 19.2 Å². The van der Waals surface area contributed by atoms with E-state index in [4.69, 9.17) is 0 Å². The first kappa shape index (κ1) is 16.0. The van der Waals surface area contributed by atoms with Crippen LogP contribution in [0.25, 0.3) is 35.3 Å². The summed E-state index contributed by atoms with van der Waals surface area (Å²) in [4.78, 5) is 51.4. The minimum atomic E-state index is -0.468. The Morgan fingerprint density at radius 1 is 0.556 bits per heavy atom. The fourth-order valence-electron chi connectivity index (χ4n) is 3.20. The number of rotatable bonds is 1. The third-order valence-corrected chi connectivity index (χ3v) is 7.07. The molecule has 27 heavy (non-hydrogen) atoms. The average Bonchev–Trinajstić information content (AvgIpc) is 2.95. The minimum absolute atomic E-state index is 0.202. The van der Waals surface area contributed by atoms with Crippen LogP contribution in [-0.2, 0) is 0 Å². The van der Waals surface area contributed by atoms with Crippen molar-refractivity contribution in [3.63, 3.8) is 0 Å². The van der Waals surface area contributed by atoms with Crippen molar-refractivity contribution in [2.45, 2.75) is 0 Å². The number of benzene rings is 3. The lowest BCUT2D eigenvalue weighted by Gasteiger charge is -1.99. The normalized spacial score (nSPS) is 11.6. The molecule has 0 saturated carbocycles. The van der Waals surface area contributed by atoms with Gasteiger partial charge >= 0.3 is 0 Å². The monoisotopic (exact) mass is 391 g/mol. The summed E-state index contributed by atoms with van der Waals surface area (Å²) in [5.41, 5.74) is -1.05. The van der Waals surface area contributed by atoms with Gasteiger partial charge in [-0.3, -0.25) is 19.2 Å². The predicted octanol–water partition coefficient (Wildman–Crippen LogP) is 2.94. The van der Waals surface area contributed by atoms with Crippen molar-refractivity contribution in [3.8, 4) is 5.69 Å². The van der Waals surface area contributed by atoms with E-state index in [1.807, 2.05) is 0 Å². The van der Waals surface area contributed by atoms with E-state index in [0.29, 0.717) is 16.5 Å². The molecule has 5 nitrogen and oxygen atoms in total. The molecule has 0 atom stereocenters. The van der Waals surface area contributed by atoms with Crippen LogP contribution < -0.4 is 22.0 Å². The van der Waals surface area contributed by atoms with Gasteiger partial charge in [-0.1, -0.05) is 42.5 Å². The Bertz CT molecular complexity index is 1500. The van der Waals surface area contributed by atoms with Crippen molar-refractivity contribution in [2.24, 2.45) is 0 Å². The molecule has 3 aromatic carbocycles. The number of aromatic nitrogens is 1. The van der Waals surface area contributed by atoms with E-state index in [1.54, 1.807) is 54.6 Å². The number of hydrogen-bond donors (Lipinski definition) is 0. The zero-order chi connectivity index (χ0) is 18.7. The molecule has 0 unspecified atom stereocenters. The second-order valence-corrected chi connectivity index (χ2v) is 8.05. The molecule has 0 amide bonds. The molecule has 0 aliphatic rings. The average molecular weight is 391 g/mol. The summed E-state index contributed by atoms with van der Waals surface area (Å²) >= 11 is 1.86. The van der Waals surface area contributed by atoms with Crippen molar-refractivity contribution < 1.29 is 0 Å². The highest BCUT2D eigenvalue weighted by atomic mass is 32.1. The second kappa shape index (κ2) is 5.67. The molecule has 2 aromatic heterocycles. The number of nitrogens with zero attached hydrogens (tertiary/aromatic N) is 1. The molecule has 0 bridgehead atoms. The molecule has 0 aliphatic heterocycles. The Labute approximate surface area is 158 Å². The molecule has 2 heterocycles. The van der Waals surface area contributed by atoms with Crippen molar-refractivity contribution in [3.05, 3.63) is 95.8 Å². The van der Waals surface area contributed by atoms with Crippen LogP contribution in [0, 0.1) is 0 Å². The molecule has 0 N–H and O–H groups in total. The van der Waals surface area contributed by atoms with Crippen LogP contribution in [-0.4, -0.2) is 4.57 Å². The lowest BCUT2D eigenvalue weighted by Crippen LogP contribution is -2.22. The largest absolute Gasteiger partial charge is 0.288 e. The lowest BCUT2D eigenvalue weighted by molar-refractivity contribution is 0.993. The third kappa shape index (κ3) is 2.16. The Balaban J connectivity index is 2.02. The fourth-order valence-corrected chi connectivity index (χ4v) is 5.60. The Morgan fingerprint density at radius 2 is 1.00 bits per heavy atom. The van der Waals surface area contributed by atoms with Crippen LogP contribution in [0.1, 0.15) is 0 Å². The van der Waals surface area contributed by atoms with Crippen LogP contribution in [0.4, 0.5) is 0 Å². The van der Waals surface area contributed by atoms with Crippen LogP contribution >= 0.6 is 22.7 Å². The lowest BCUT2D eigenvalue weighted by atomic mass is 10.1. The van der Waals surface area contributed by atoms with Gasteiger partial charge in [0.25, 0.3) is 11.1 Å². The third-order valence-electron chi connectivity index (χ3n) is 4.46. The summed E-state index contributed by atoms with van der Waals surface area (Å²) in [7, 11) is 0. The fraction of sp³-hybridized carbons (Fsp3) is 0. The number of hydrogen-bond acceptors (Lipinski definition) is 6. The molecule has 0 radical (unpaired) electrons. The summed E-state index contributed by atoms with van der Waals surface area (Å²) in [6, 6.07) is 15.2. The standard InChI is InChI=1S/C20H9NO4S2/c22-13-11-8-4-5-9-12(11)14(23)16-15(13)26-17-18(27-16)20(25)21(19(17)24)10-6-2-1-3-7-10/h1-9H. The molecule has 7 heteroatoms. The maximum Gasteiger partial charge on any atom is 0.277 e. The van der Waals surface area contributed by atoms with Gasteiger partial charge < -0.3 is 0 Å². The van der Waals surface area contributed by atoms with E-state index >= 15 is 0 Å². The highest BCUT2D eigenvalue weighted by molar-refractivity contribution is 7.36. The first-order valence-electron chi connectivity index (χ1n) is 8.04. The highest BCUT2D eigenvalue weighted by Crippen LogP contribution is 2.27. The van der Waals surface area contributed by atoms with Crippen molar-refractivity contribution in [2.75, 3.05) is 0 Å². The molecule has 0 spiro atoms. The molecule has 5 rings (SSSR count). The Morgan fingerprint density at radius 3 is 1.48 bits per heavy atom. The minimum Gasteiger partial charge on any atom is -0.288 e. The molecule has 130 valence electrons. The first-order chi connectivity index (χ1) is 13.1. The van der Waals surface area contributed by atoms with Crippen LogP contribution in [0.2, 0.25) is 0 Å². The summed E-state index contributed by atoms with van der Waals surface area (Å²) in [5, 5.41) is 0.658. The van der Waals surface area contributed by atoms with Crippen LogP contribution in [0.5, 0.6) is 0 Å². The van der Waals surface area contributed by atoms with Crippen LogP contribution in [0.3, 0.4) is 0 Å². The molecule has 0 aliphatic carbocycles. The molecular formula is C20H9NO4S2. The van der Waals surface area contributed by atoms with E-state index in [0.717, 1.165) is 27.2 Å². The summed E-state index contributed by atoms with van der Waals surface area (Å²) in [6.07, 6.45) is 0. The Hall–Kier alpha value is -3.16. The van der Waals surface area contributed by atoms with E-state index in [1.165, 1.54) is 0 Å². The molecule has 0 fully saturated rings. The van der Waals surface area contributed by atoms with Gasteiger partial charge in [-0.15, -0.1) is 22.7 Å². The van der Waals surface area contributed by atoms with Gasteiger partial charge in [-0.2, -0.15) is 0 Å². The second-order valence-electron chi connectivity index (χ2n) is 6.01. The van der Waals surface area contributed by atoms with E-state index < -0.39 is 11.1 Å². The van der Waals surface area contributed by atoms with Gasteiger partial charge in [0.05, 0.1) is 15.1 Å². The highest BCUT2D eigenvalue weighted by Gasteiger charge is 2.20. The van der Waals surface area contributed by atoms with Gasteiger partial charge in [-0.05, 0) is 12.1 Å². The maximum atomic E-state index is 12.9. The smallest absolute Gasteiger partial charge is 0.277 e. The van der Waals surface area contributed by atoms with Crippen LogP contribution in [0.15, 0.2) is 73.8 Å². The molecular weight excluding hydrogens is 382 g/mol. The zero-order valence-electron chi connectivity index (χ0n) is 13.6. The first-order valence-corrected chi connectivity index (χ1v) is 9.67. The summed E-state index contributed by atoms with van der Waals surface area (Å²) < 4.78 is 1.93. The predicted molar refractivity (Wildman–Crippen MR) is 110 cm³/mol. The van der Waals surface area contributed by atoms with Crippen molar-refractivity contribution >= 4 is 52.2 Å². The van der Waals surface area contributed by atoms with Crippen molar-refractivity contribution in [1.82, 2.24) is 4.57 Å². The van der Waals surface area contributed by atoms with E-state index in [2.05, 4.69) is 0 Å². The van der Waals surface area contributed by atoms with Gasteiger partial charge in [0.2, 0.25) is 10.9 Å². The molecule has 5 aromatic rings.